The number of aryl methyl sites for hydroxylation is 1. The van der Waals surface area contributed by atoms with E-state index in [1.165, 1.54) is 20.3 Å². The fourth-order valence-corrected chi connectivity index (χ4v) is 6.58. The van der Waals surface area contributed by atoms with Crippen molar-refractivity contribution in [2.24, 2.45) is 13.0 Å². The Morgan fingerprint density at radius 1 is 1.09 bits per heavy atom. The second-order valence-electron chi connectivity index (χ2n) is 11.5. The minimum absolute atomic E-state index is 0.0235. The van der Waals surface area contributed by atoms with Crippen molar-refractivity contribution in [1.29, 1.82) is 0 Å². The predicted molar refractivity (Wildman–Crippen MR) is 163 cm³/mol. The Balaban J connectivity index is 1.35. The summed E-state index contributed by atoms with van der Waals surface area (Å²) < 4.78 is 34.2. The van der Waals surface area contributed by atoms with Crippen molar-refractivity contribution >= 4 is 45.9 Å². The fraction of sp³-hybridized carbons (Fsp3) is 0.500. The van der Waals surface area contributed by atoms with Gasteiger partial charge in [-0.1, -0.05) is 29.8 Å². The zero-order valence-electron chi connectivity index (χ0n) is 25.2. The monoisotopic (exact) mass is 628 g/mol. The summed E-state index contributed by atoms with van der Waals surface area (Å²) in [7, 11) is 4.63. The molecule has 2 aromatic carbocycles. The molecule has 0 radical (unpaired) electrons. The predicted octanol–water partition coefficient (Wildman–Crippen LogP) is 4.92. The van der Waals surface area contributed by atoms with Gasteiger partial charge in [0.05, 0.1) is 42.0 Å². The lowest BCUT2D eigenvalue weighted by atomic mass is 9.87. The van der Waals surface area contributed by atoms with Crippen molar-refractivity contribution in [3.63, 3.8) is 0 Å². The van der Waals surface area contributed by atoms with Crippen LogP contribution in [0.5, 0.6) is 0 Å². The maximum atomic E-state index is 15.6. The minimum atomic E-state index is -1.42. The molecule has 44 heavy (non-hydrogen) atoms. The lowest BCUT2D eigenvalue weighted by Gasteiger charge is -2.43. The van der Waals surface area contributed by atoms with Gasteiger partial charge in [-0.25, -0.2) is 4.39 Å². The standard InChI is InChI=1S/C32H38ClFN4O6/c1-37-27-9-5-4-8-23(27)29(36-37)30(40)35-26-18-25(34)21(16-24(26)33)17-28(39)32(19-42-2,38-14-6-7-15-38)44-22-12-10-20(11-13-22)31(41)43-3/h4-5,8-9,16,18,20,22H,6-7,10-15,17,19H2,1-3H3,(H,35,40). The Hall–Kier alpha value is -3.38. The normalized spacial score (nSPS) is 20.4. The van der Waals surface area contributed by atoms with Crippen molar-refractivity contribution in [3.05, 3.63) is 58.5 Å². The number of amides is 1. The molecule has 5 rings (SSSR count). The van der Waals surface area contributed by atoms with Crippen LogP contribution in [0.1, 0.15) is 54.6 Å². The van der Waals surface area contributed by atoms with E-state index in [0.29, 0.717) is 44.2 Å². The summed E-state index contributed by atoms with van der Waals surface area (Å²) in [6.45, 7) is 1.26. The Kier molecular flexibility index (Phi) is 9.99. The molecule has 10 nitrogen and oxygen atoms in total. The number of ketones is 1. The molecule has 236 valence electrons. The van der Waals surface area contributed by atoms with Crippen LogP contribution in [0.15, 0.2) is 36.4 Å². The smallest absolute Gasteiger partial charge is 0.308 e. The number of ether oxygens (including phenoxy) is 3. The maximum absolute atomic E-state index is 15.6. The quantitative estimate of drug-likeness (QED) is 0.298. The van der Waals surface area contributed by atoms with Crippen molar-refractivity contribution < 1.29 is 33.0 Å². The third-order valence-electron chi connectivity index (χ3n) is 8.67. The van der Waals surface area contributed by atoms with E-state index >= 15 is 4.39 Å². The molecule has 2 aliphatic rings. The van der Waals surface area contributed by atoms with Crippen molar-refractivity contribution in [3.8, 4) is 0 Å². The first-order chi connectivity index (χ1) is 21.2. The molecule has 0 bridgehead atoms. The number of Topliss-reactive ketones (excluding diaryl/α,β-unsaturated/α-hetero) is 1. The Bertz CT molecular complexity index is 1530. The van der Waals surface area contributed by atoms with Crippen molar-refractivity contribution in [2.45, 2.75) is 56.8 Å². The van der Waals surface area contributed by atoms with Gasteiger partial charge in [-0.3, -0.25) is 24.0 Å². The van der Waals surface area contributed by atoms with E-state index in [-0.39, 0.29) is 58.8 Å². The highest BCUT2D eigenvalue weighted by atomic mass is 35.5. The molecule has 1 atom stereocenters. The van der Waals surface area contributed by atoms with Gasteiger partial charge in [0, 0.05) is 39.1 Å². The number of para-hydroxylation sites is 1. The number of carbonyl (C=O) groups is 3. The summed E-state index contributed by atoms with van der Waals surface area (Å²) in [5.74, 6) is -1.98. The molecule has 1 saturated carbocycles. The van der Waals surface area contributed by atoms with Crippen molar-refractivity contribution in [2.75, 3.05) is 39.2 Å². The SMILES string of the molecule is COCC(OC1CCC(C(=O)OC)CC1)(C(=O)Cc1cc(Cl)c(NC(=O)c2nn(C)c3ccccc23)cc1F)N1CCCC1. The van der Waals surface area contributed by atoms with Crippen LogP contribution in [0.25, 0.3) is 10.9 Å². The van der Waals surface area contributed by atoms with Crippen LogP contribution in [0, 0.1) is 11.7 Å². The third kappa shape index (κ3) is 6.51. The number of esters is 1. The molecule has 2 fully saturated rings. The number of aromatic nitrogens is 2. The molecule has 1 saturated heterocycles. The number of fused-ring (bicyclic) bond motifs is 1. The number of nitrogens with one attached hydrogen (secondary N) is 1. The van der Waals surface area contributed by atoms with Crippen LogP contribution in [0.3, 0.4) is 0 Å². The topological polar surface area (TPSA) is 112 Å². The lowest BCUT2D eigenvalue weighted by molar-refractivity contribution is -0.211. The zero-order valence-corrected chi connectivity index (χ0v) is 26.0. The van der Waals surface area contributed by atoms with Gasteiger partial charge in [-0.15, -0.1) is 0 Å². The molecule has 1 aliphatic carbocycles. The number of rotatable bonds is 11. The van der Waals surface area contributed by atoms with Crippen LogP contribution < -0.4 is 5.32 Å². The third-order valence-corrected chi connectivity index (χ3v) is 8.98. The van der Waals surface area contributed by atoms with Crippen LogP contribution in [-0.2, 0) is 37.3 Å². The van der Waals surface area contributed by atoms with Gasteiger partial charge in [0.25, 0.3) is 5.91 Å². The summed E-state index contributed by atoms with van der Waals surface area (Å²) >= 11 is 6.53. The first kappa shape index (κ1) is 32.0. The van der Waals surface area contributed by atoms with Crippen molar-refractivity contribution in [1.82, 2.24) is 14.7 Å². The van der Waals surface area contributed by atoms with Gasteiger partial charge < -0.3 is 19.5 Å². The Morgan fingerprint density at radius 2 is 1.80 bits per heavy atom. The summed E-state index contributed by atoms with van der Waals surface area (Å²) in [6.07, 6.45) is 3.61. The number of hydrogen-bond donors (Lipinski definition) is 1. The summed E-state index contributed by atoms with van der Waals surface area (Å²) in [5.41, 5.74) is -0.299. The van der Waals surface area contributed by atoms with E-state index < -0.39 is 17.4 Å². The van der Waals surface area contributed by atoms with Gasteiger partial charge >= 0.3 is 5.97 Å². The largest absolute Gasteiger partial charge is 0.469 e. The number of anilines is 1. The number of likely N-dealkylation sites (tertiary alicyclic amines) is 1. The van der Waals surface area contributed by atoms with E-state index in [1.54, 1.807) is 17.8 Å². The number of nitrogens with zero attached hydrogens (tertiary/aromatic N) is 3. The van der Waals surface area contributed by atoms with Crippen LogP contribution in [0.4, 0.5) is 10.1 Å². The maximum Gasteiger partial charge on any atom is 0.308 e. The first-order valence-electron chi connectivity index (χ1n) is 14.9. The molecule has 1 amide bonds. The highest BCUT2D eigenvalue weighted by molar-refractivity contribution is 6.34. The van der Waals surface area contributed by atoms with Gasteiger partial charge in [-0.05, 0) is 62.3 Å². The summed E-state index contributed by atoms with van der Waals surface area (Å²) in [4.78, 5) is 41.2. The molecule has 1 aromatic heterocycles. The molecule has 3 aromatic rings. The summed E-state index contributed by atoms with van der Waals surface area (Å²) in [6, 6.07) is 9.78. The molecular formula is C32H38ClFN4O6. The first-order valence-corrected chi connectivity index (χ1v) is 15.3. The average Bonchev–Trinajstić information content (AvgIpc) is 3.68. The Labute approximate surface area is 260 Å². The van der Waals surface area contributed by atoms with E-state index in [1.807, 2.05) is 23.1 Å². The van der Waals surface area contributed by atoms with E-state index in [9.17, 15) is 14.4 Å². The highest BCUT2D eigenvalue weighted by Gasteiger charge is 2.48. The van der Waals surface area contributed by atoms with Crippen LogP contribution in [0.2, 0.25) is 5.02 Å². The van der Waals surface area contributed by atoms with Gasteiger partial charge in [0.15, 0.2) is 11.5 Å². The number of halogens is 2. The van der Waals surface area contributed by atoms with E-state index in [0.717, 1.165) is 24.4 Å². The number of benzene rings is 2. The molecule has 12 heteroatoms. The molecule has 1 N–H and O–H groups in total. The second kappa shape index (κ2) is 13.7. The second-order valence-corrected chi connectivity index (χ2v) is 11.9. The van der Waals surface area contributed by atoms with E-state index in [4.69, 9.17) is 25.8 Å². The van der Waals surface area contributed by atoms with Crippen LogP contribution in [-0.4, -0.2) is 78.1 Å². The molecule has 1 aliphatic heterocycles. The Morgan fingerprint density at radius 3 is 2.48 bits per heavy atom. The fourth-order valence-electron chi connectivity index (χ4n) is 6.35. The van der Waals surface area contributed by atoms with E-state index in [2.05, 4.69) is 10.4 Å². The van der Waals surface area contributed by atoms with Crippen LogP contribution >= 0.6 is 11.6 Å². The minimum Gasteiger partial charge on any atom is -0.469 e. The number of methoxy groups -OCH3 is 2. The number of hydrogen-bond acceptors (Lipinski definition) is 8. The molecule has 1 unspecified atom stereocenters. The van der Waals surface area contributed by atoms with Gasteiger partial charge in [0.1, 0.15) is 5.82 Å². The molecule has 2 heterocycles. The number of carbonyl (C=O) groups excluding carboxylic acids is 3. The lowest BCUT2D eigenvalue weighted by Crippen LogP contribution is -2.61. The summed E-state index contributed by atoms with van der Waals surface area (Å²) in [5, 5.41) is 7.71. The highest BCUT2D eigenvalue weighted by Crippen LogP contribution is 2.35. The molecular weight excluding hydrogens is 591 g/mol. The zero-order chi connectivity index (χ0) is 31.4. The van der Waals surface area contributed by atoms with Gasteiger partial charge in [-0.2, -0.15) is 5.10 Å². The van der Waals surface area contributed by atoms with Gasteiger partial charge in [0.2, 0.25) is 5.72 Å². The molecule has 0 spiro atoms. The average molecular weight is 629 g/mol.